The topological polar surface area (TPSA) is 81.2 Å². The van der Waals surface area contributed by atoms with Gasteiger partial charge in [-0.2, -0.15) is 0 Å². The van der Waals surface area contributed by atoms with E-state index < -0.39 is 0 Å². The number of amides is 2. The van der Waals surface area contributed by atoms with Gasteiger partial charge in [0.05, 0.1) is 0 Å². The number of imide groups is 1. The summed E-state index contributed by atoms with van der Waals surface area (Å²) in [6, 6.07) is 0. The van der Waals surface area contributed by atoms with Gasteiger partial charge in [-0.25, -0.2) is 0 Å². The van der Waals surface area contributed by atoms with Crippen molar-refractivity contribution in [2.24, 2.45) is 0 Å². The summed E-state index contributed by atoms with van der Waals surface area (Å²) in [5.74, 6) is -0.275. The molecule has 1 aliphatic rings. The lowest BCUT2D eigenvalue weighted by atomic mass is 10.1. The Balaban J connectivity index is 0.000000640. The third kappa shape index (κ3) is 2.23. The first kappa shape index (κ1) is 8.10. The van der Waals surface area contributed by atoms with Crippen molar-refractivity contribution >= 4 is 11.8 Å². The molecule has 1 rings (SSSR count). The molecule has 0 aromatic rings. The van der Waals surface area contributed by atoms with Gasteiger partial charge in [0, 0.05) is 12.8 Å². The minimum Gasteiger partial charge on any atom is -0.344 e. The molecule has 2 amide bonds. The molecule has 1 fully saturated rings. The number of piperidine rings is 1. The predicted molar refractivity (Wildman–Crippen MR) is 32.0 cm³/mol. The normalized spacial score (nSPS) is 18.2. The molecule has 0 aliphatic carbocycles. The van der Waals surface area contributed by atoms with Crippen LogP contribution in [0.4, 0.5) is 0 Å². The number of nitrogens with one attached hydrogen (secondary N) is 1. The van der Waals surface area contributed by atoms with Crippen molar-refractivity contribution in [3.63, 3.8) is 0 Å². The van der Waals surface area contributed by atoms with Crippen LogP contribution in [0.5, 0.6) is 0 Å². The highest BCUT2D eigenvalue weighted by atomic mass is 16.2. The Morgan fingerprint density at radius 2 is 1.56 bits per heavy atom. The number of carbonyl (C=O) groups is 2. The number of rotatable bonds is 0. The number of hydrogen-bond donors (Lipinski definition) is 2. The van der Waals surface area contributed by atoms with Gasteiger partial charge in [-0.05, 0) is 6.42 Å². The van der Waals surface area contributed by atoms with Gasteiger partial charge >= 0.3 is 0 Å². The van der Waals surface area contributed by atoms with Crippen molar-refractivity contribution < 1.29 is 9.59 Å². The zero-order valence-corrected chi connectivity index (χ0v) is 5.14. The fourth-order valence-corrected chi connectivity index (χ4v) is 0.690. The SMILES string of the molecule is N.O=C1CCCC(=O)N1. The molecule has 1 aliphatic heterocycles. The Morgan fingerprint density at radius 3 is 1.78 bits per heavy atom. The van der Waals surface area contributed by atoms with Crippen LogP contribution in [-0.2, 0) is 9.59 Å². The van der Waals surface area contributed by atoms with E-state index in [-0.39, 0.29) is 18.0 Å². The van der Waals surface area contributed by atoms with Crippen molar-refractivity contribution in [2.75, 3.05) is 0 Å². The number of hydrogen-bond acceptors (Lipinski definition) is 3. The Labute approximate surface area is 53.2 Å². The van der Waals surface area contributed by atoms with Gasteiger partial charge in [0.2, 0.25) is 11.8 Å². The highest BCUT2D eigenvalue weighted by molar-refractivity contribution is 5.97. The van der Waals surface area contributed by atoms with Crippen molar-refractivity contribution in [2.45, 2.75) is 19.3 Å². The molecule has 0 spiro atoms. The largest absolute Gasteiger partial charge is 0.344 e. The Bertz CT molecular complexity index is 119. The van der Waals surface area contributed by atoms with Gasteiger partial charge in [-0.15, -0.1) is 0 Å². The molecule has 0 aromatic heterocycles. The maximum atomic E-state index is 10.3. The zero-order valence-electron chi connectivity index (χ0n) is 5.14. The molecule has 0 radical (unpaired) electrons. The first-order valence-electron chi connectivity index (χ1n) is 2.62. The van der Waals surface area contributed by atoms with Crippen LogP contribution >= 0.6 is 0 Å². The van der Waals surface area contributed by atoms with Gasteiger partial charge in [0.1, 0.15) is 0 Å². The Hall–Kier alpha value is -0.900. The summed E-state index contributed by atoms with van der Waals surface area (Å²) in [4.78, 5) is 20.7. The van der Waals surface area contributed by atoms with Crippen LogP contribution in [0.2, 0.25) is 0 Å². The standard InChI is InChI=1S/C5H7NO2.H3N/c7-4-2-1-3-5(8)6-4;/h1-3H2,(H,6,7,8);1H3. The maximum Gasteiger partial charge on any atom is 0.226 e. The van der Waals surface area contributed by atoms with E-state index in [1.807, 2.05) is 0 Å². The predicted octanol–water partition coefficient (Wildman–Crippen LogP) is -0.0249. The van der Waals surface area contributed by atoms with Crippen LogP contribution in [0, 0.1) is 0 Å². The average molecular weight is 130 g/mol. The molecule has 0 unspecified atom stereocenters. The van der Waals surface area contributed by atoms with Crippen LogP contribution in [-0.4, -0.2) is 11.8 Å². The second-order valence-corrected chi connectivity index (χ2v) is 1.82. The van der Waals surface area contributed by atoms with Crippen LogP contribution < -0.4 is 11.5 Å². The van der Waals surface area contributed by atoms with Crippen molar-refractivity contribution in [1.29, 1.82) is 0 Å². The van der Waals surface area contributed by atoms with Crippen LogP contribution in [0.1, 0.15) is 19.3 Å². The summed E-state index contributed by atoms with van der Waals surface area (Å²) in [6.07, 6.45) is 1.72. The molecule has 0 bridgehead atoms. The summed E-state index contributed by atoms with van der Waals surface area (Å²) in [7, 11) is 0. The van der Waals surface area contributed by atoms with Crippen LogP contribution in [0.25, 0.3) is 0 Å². The average Bonchev–Trinajstić information content (AvgIpc) is 1.64. The van der Waals surface area contributed by atoms with Gasteiger partial charge in [0.15, 0.2) is 0 Å². The lowest BCUT2D eigenvalue weighted by Gasteiger charge is -2.07. The Kier molecular flexibility index (Phi) is 2.87. The first-order chi connectivity index (χ1) is 3.79. The highest BCUT2D eigenvalue weighted by Gasteiger charge is 2.12. The molecule has 9 heavy (non-hydrogen) atoms. The van der Waals surface area contributed by atoms with E-state index in [2.05, 4.69) is 5.32 Å². The van der Waals surface area contributed by atoms with Gasteiger partial charge < -0.3 is 6.15 Å². The molecule has 0 saturated carbocycles. The Morgan fingerprint density at radius 1 is 1.11 bits per heavy atom. The molecular formula is C5H10N2O2. The van der Waals surface area contributed by atoms with Crippen molar-refractivity contribution in [3.8, 4) is 0 Å². The van der Waals surface area contributed by atoms with E-state index in [1.54, 1.807) is 0 Å². The van der Waals surface area contributed by atoms with Gasteiger partial charge in [-0.3, -0.25) is 14.9 Å². The maximum absolute atomic E-state index is 10.3. The van der Waals surface area contributed by atoms with E-state index in [0.717, 1.165) is 0 Å². The summed E-state index contributed by atoms with van der Waals surface area (Å²) in [6.45, 7) is 0. The van der Waals surface area contributed by atoms with Crippen LogP contribution in [0.3, 0.4) is 0 Å². The number of carbonyl (C=O) groups excluding carboxylic acids is 2. The third-order valence-corrected chi connectivity index (χ3v) is 1.09. The lowest BCUT2D eigenvalue weighted by molar-refractivity contribution is -0.132. The van der Waals surface area contributed by atoms with E-state index in [4.69, 9.17) is 0 Å². The second-order valence-electron chi connectivity index (χ2n) is 1.82. The quantitative estimate of drug-likeness (QED) is 0.452. The fraction of sp³-hybridized carbons (Fsp3) is 0.600. The summed E-state index contributed by atoms with van der Waals surface area (Å²) in [5.41, 5.74) is 0. The van der Waals surface area contributed by atoms with Crippen molar-refractivity contribution in [1.82, 2.24) is 11.5 Å². The van der Waals surface area contributed by atoms with E-state index >= 15 is 0 Å². The lowest BCUT2D eigenvalue weighted by Crippen LogP contribution is -2.33. The highest BCUT2D eigenvalue weighted by Crippen LogP contribution is 2.00. The third-order valence-electron chi connectivity index (χ3n) is 1.09. The van der Waals surface area contributed by atoms with Gasteiger partial charge in [0.25, 0.3) is 0 Å². The molecule has 4 heteroatoms. The zero-order chi connectivity index (χ0) is 5.98. The molecule has 4 nitrogen and oxygen atoms in total. The first-order valence-corrected chi connectivity index (χ1v) is 2.62. The summed E-state index contributed by atoms with van der Waals surface area (Å²) >= 11 is 0. The molecule has 0 aromatic carbocycles. The van der Waals surface area contributed by atoms with E-state index in [9.17, 15) is 9.59 Å². The molecule has 0 atom stereocenters. The monoisotopic (exact) mass is 130 g/mol. The molecule has 4 N–H and O–H groups in total. The van der Waals surface area contributed by atoms with Crippen molar-refractivity contribution in [3.05, 3.63) is 0 Å². The second kappa shape index (κ2) is 3.19. The summed E-state index contributed by atoms with van der Waals surface area (Å²) in [5, 5.41) is 2.20. The smallest absolute Gasteiger partial charge is 0.226 e. The molecule has 1 saturated heterocycles. The summed E-state index contributed by atoms with van der Waals surface area (Å²) < 4.78 is 0. The molecule has 1 heterocycles. The van der Waals surface area contributed by atoms with Crippen LogP contribution in [0.15, 0.2) is 0 Å². The fourth-order valence-electron chi connectivity index (χ4n) is 0.690. The minimum atomic E-state index is -0.138. The van der Waals surface area contributed by atoms with E-state index in [0.29, 0.717) is 19.3 Å². The molecule has 52 valence electrons. The van der Waals surface area contributed by atoms with E-state index in [1.165, 1.54) is 0 Å². The molecular weight excluding hydrogens is 120 g/mol. The van der Waals surface area contributed by atoms with Gasteiger partial charge in [-0.1, -0.05) is 0 Å². The minimum absolute atomic E-state index is 0.